The number of furan rings is 1. The fourth-order valence-corrected chi connectivity index (χ4v) is 3.07. The largest absolute Gasteiger partial charge is 0.459 e. The summed E-state index contributed by atoms with van der Waals surface area (Å²) >= 11 is 0. The van der Waals surface area contributed by atoms with Crippen LogP contribution in [0.1, 0.15) is 31.3 Å². The number of amides is 3. The molecule has 2 heterocycles. The highest BCUT2D eigenvalue weighted by Gasteiger charge is 2.34. The molecule has 0 radical (unpaired) electrons. The van der Waals surface area contributed by atoms with Gasteiger partial charge in [0.15, 0.2) is 11.9 Å². The van der Waals surface area contributed by atoms with E-state index in [1.165, 1.54) is 24.2 Å². The normalized spacial score (nSPS) is 15.1. The molecule has 0 saturated heterocycles. The molecule has 1 aliphatic rings. The molecule has 0 fully saturated rings. The van der Waals surface area contributed by atoms with Gasteiger partial charge in [-0.1, -0.05) is 26.0 Å². The van der Waals surface area contributed by atoms with E-state index >= 15 is 0 Å². The number of carbonyl (C=O) groups excluding carboxylic acids is 4. The lowest BCUT2D eigenvalue weighted by atomic mass is 10.0. The number of nitrogens with one attached hydrogen (secondary N) is 2. The molecule has 1 aliphatic heterocycles. The van der Waals surface area contributed by atoms with E-state index in [1.54, 1.807) is 44.2 Å². The van der Waals surface area contributed by atoms with Crippen molar-refractivity contribution in [2.45, 2.75) is 32.9 Å². The second-order valence-electron chi connectivity index (χ2n) is 7.24. The number of para-hydroxylation sites is 2. The van der Waals surface area contributed by atoms with Crippen molar-refractivity contribution in [1.29, 1.82) is 0 Å². The summed E-state index contributed by atoms with van der Waals surface area (Å²) < 4.78 is 10.4. The zero-order chi connectivity index (χ0) is 21.8. The van der Waals surface area contributed by atoms with Crippen molar-refractivity contribution in [1.82, 2.24) is 5.32 Å². The van der Waals surface area contributed by atoms with Gasteiger partial charge in [0.1, 0.15) is 12.6 Å². The Morgan fingerprint density at radius 1 is 1.13 bits per heavy atom. The lowest BCUT2D eigenvalue weighted by Crippen LogP contribution is -2.50. The Hall–Kier alpha value is -3.62. The molecule has 0 unspecified atom stereocenters. The van der Waals surface area contributed by atoms with Crippen LogP contribution in [-0.2, 0) is 19.1 Å². The highest BCUT2D eigenvalue weighted by Crippen LogP contribution is 2.29. The summed E-state index contributed by atoms with van der Waals surface area (Å²) in [5.41, 5.74) is 1.03. The standard InChI is InChI=1S/C21H23N3O6/c1-12(2)18(23-19(26)16-9-6-10-29-16)21(28)30-13(3)20(27)24-11-17(25)22-14-7-4-5-8-15(14)24/h4-10,12-13,18H,11H2,1-3H3,(H,22,25)(H,23,26)/t13-,18-/m0/s1. The minimum absolute atomic E-state index is 0.0634. The summed E-state index contributed by atoms with van der Waals surface area (Å²) in [6, 6.07) is 8.92. The summed E-state index contributed by atoms with van der Waals surface area (Å²) in [5, 5.41) is 5.26. The zero-order valence-electron chi connectivity index (χ0n) is 16.9. The van der Waals surface area contributed by atoms with Crippen LogP contribution in [0.5, 0.6) is 0 Å². The van der Waals surface area contributed by atoms with Crippen molar-refractivity contribution in [2.75, 3.05) is 16.8 Å². The monoisotopic (exact) mass is 413 g/mol. The Morgan fingerprint density at radius 2 is 1.87 bits per heavy atom. The van der Waals surface area contributed by atoms with Crippen LogP contribution in [0.4, 0.5) is 11.4 Å². The maximum atomic E-state index is 12.9. The number of carbonyl (C=O) groups is 4. The fourth-order valence-electron chi connectivity index (χ4n) is 3.07. The number of fused-ring (bicyclic) bond motifs is 1. The van der Waals surface area contributed by atoms with Crippen LogP contribution in [0.15, 0.2) is 47.1 Å². The van der Waals surface area contributed by atoms with E-state index in [1.807, 2.05) is 0 Å². The number of benzene rings is 1. The van der Waals surface area contributed by atoms with E-state index in [4.69, 9.17) is 9.15 Å². The van der Waals surface area contributed by atoms with Gasteiger partial charge in [-0.25, -0.2) is 4.79 Å². The third kappa shape index (κ3) is 4.51. The van der Waals surface area contributed by atoms with Crippen LogP contribution in [0.3, 0.4) is 0 Å². The summed E-state index contributed by atoms with van der Waals surface area (Å²) in [7, 11) is 0. The van der Waals surface area contributed by atoms with Gasteiger partial charge in [0, 0.05) is 0 Å². The summed E-state index contributed by atoms with van der Waals surface area (Å²) in [4.78, 5) is 51.0. The first kappa shape index (κ1) is 21.1. The molecule has 3 amide bonds. The number of anilines is 2. The Kier molecular flexibility index (Phi) is 6.20. The first-order valence-electron chi connectivity index (χ1n) is 9.53. The maximum absolute atomic E-state index is 12.9. The van der Waals surface area contributed by atoms with Gasteiger partial charge >= 0.3 is 5.97 Å². The molecule has 2 N–H and O–H groups in total. The van der Waals surface area contributed by atoms with Gasteiger partial charge in [0.25, 0.3) is 11.8 Å². The van der Waals surface area contributed by atoms with Crippen molar-refractivity contribution in [3.8, 4) is 0 Å². The van der Waals surface area contributed by atoms with Crippen molar-refractivity contribution >= 4 is 35.1 Å². The first-order chi connectivity index (χ1) is 14.3. The van der Waals surface area contributed by atoms with Crippen LogP contribution < -0.4 is 15.5 Å². The number of hydrogen-bond donors (Lipinski definition) is 2. The van der Waals surface area contributed by atoms with E-state index in [-0.39, 0.29) is 24.1 Å². The van der Waals surface area contributed by atoms with Crippen LogP contribution >= 0.6 is 0 Å². The average Bonchev–Trinajstić information content (AvgIpc) is 3.25. The second kappa shape index (κ2) is 8.81. The molecule has 2 aromatic rings. The number of esters is 1. The fraction of sp³-hybridized carbons (Fsp3) is 0.333. The number of rotatable bonds is 6. The summed E-state index contributed by atoms with van der Waals surface area (Å²) in [5.74, 6) is -2.41. The molecule has 30 heavy (non-hydrogen) atoms. The molecule has 0 bridgehead atoms. The lowest BCUT2D eigenvalue weighted by Gasteiger charge is -2.31. The van der Waals surface area contributed by atoms with Crippen LogP contribution in [0.2, 0.25) is 0 Å². The Labute approximate surface area is 173 Å². The minimum atomic E-state index is -1.15. The lowest BCUT2D eigenvalue weighted by molar-refractivity contribution is -0.156. The Balaban J connectivity index is 1.70. The number of ether oxygens (including phenoxy) is 1. The minimum Gasteiger partial charge on any atom is -0.459 e. The van der Waals surface area contributed by atoms with Gasteiger partial charge in [-0.15, -0.1) is 0 Å². The predicted octanol–water partition coefficient (Wildman–Crippen LogP) is 1.95. The van der Waals surface area contributed by atoms with Gasteiger partial charge < -0.3 is 19.8 Å². The zero-order valence-corrected chi connectivity index (χ0v) is 16.9. The second-order valence-corrected chi connectivity index (χ2v) is 7.24. The predicted molar refractivity (Wildman–Crippen MR) is 108 cm³/mol. The molecule has 2 atom stereocenters. The van der Waals surface area contributed by atoms with Gasteiger partial charge in [-0.05, 0) is 37.1 Å². The van der Waals surface area contributed by atoms with Crippen molar-refractivity contribution in [2.24, 2.45) is 5.92 Å². The topological polar surface area (TPSA) is 118 Å². The third-order valence-corrected chi connectivity index (χ3v) is 4.63. The molecular weight excluding hydrogens is 390 g/mol. The molecule has 1 aromatic carbocycles. The SMILES string of the molecule is CC(C)[C@H](NC(=O)c1ccco1)C(=O)O[C@@H](C)C(=O)N1CC(=O)Nc2ccccc21. The van der Waals surface area contributed by atoms with Gasteiger partial charge in [-0.2, -0.15) is 0 Å². The van der Waals surface area contributed by atoms with Crippen LogP contribution in [-0.4, -0.2) is 42.4 Å². The molecule has 0 spiro atoms. The molecule has 0 aliphatic carbocycles. The highest BCUT2D eigenvalue weighted by atomic mass is 16.5. The molecule has 3 rings (SSSR count). The molecule has 9 nitrogen and oxygen atoms in total. The Bertz CT molecular complexity index is 953. The average molecular weight is 413 g/mol. The van der Waals surface area contributed by atoms with Crippen molar-refractivity contribution in [3.63, 3.8) is 0 Å². The van der Waals surface area contributed by atoms with E-state index in [0.717, 1.165) is 0 Å². The first-order valence-corrected chi connectivity index (χ1v) is 9.53. The summed E-state index contributed by atoms with van der Waals surface area (Å²) in [6.45, 7) is 4.74. The van der Waals surface area contributed by atoms with E-state index in [9.17, 15) is 19.2 Å². The van der Waals surface area contributed by atoms with E-state index < -0.39 is 29.9 Å². The van der Waals surface area contributed by atoms with Crippen LogP contribution in [0, 0.1) is 5.92 Å². The number of nitrogens with zero attached hydrogens (tertiary/aromatic N) is 1. The molecule has 158 valence electrons. The van der Waals surface area contributed by atoms with Crippen LogP contribution in [0.25, 0.3) is 0 Å². The maximum Gasteiger partial charge on any atom is 0.329 e. The summed E-state index contributed by atoms with van der Waals surface area (Å²) in [6.07, 6.45) is 0.198. The van der Waals surface area contributed by atoms with Gasteiger partial charge in [0.05, 0.1) is 17.6 Å². The molecule has 1 aromatic heterocycles. The molecule has 9 heteroatoms. The highest BCUT2D eigenvalue weighted by molar-refractivity contribution is 6.11. The third-order valence-electron chi connectivity index (χ3n) is 4.63. The molecule has 0 saturated carbocycles. The van der Waals surface area contributed by atoms with E-state index in [2.05, 4.69) is 10.6 Å². The quantitative estimate of drug-likeness (QED) is 0.699. The van der Waals surface area contributed by atoms with Gasteiger partial charge in [-0.3, -0.25) is 19.3 Å². The Morgan fingerprint density at radius 3 is 2.53 bits per heavy atom. The van der Waals surface area contributed by atoms with E-state index in [0.29, 0.717) is 11.4 Å². The van der Waals surface area contributed by atoms with Crippen molar-refractivity contribution in [3.05, 3.63) is 48.4 Å². The smallest absolute Gasteiger partial charge is 0.329 e. The molecular formula is C21H23N3O6. The van der Waals surface area contributed by atoms with Gasteiger partial charge in [0.2, 0.25) is 5.91 Å². The van der Waals surface area contributed by atoms with Crippen molar-refractivity contribution < 1.29 is 28.3 Å². The number of hydrogen-bond acceptors (Lipinski definition) is 6.